The molecule has 2 aliphatic carbocycles. The van der Waals surface area contributed by atoms with Crippen molar-refractivity contribution in [2.75, 3.05) is 6.54 Å². The molecule has 168 valence electrons. The number of aromatic nitrogens is 1. The molecule has 5 atom stereocenters. The second-order valence-electron chi connectivity index (χ2n) is 9.57. The topological polar surface area (TPSA) is 99.3 Å². The Bertz CT molecular complexity index is 1030. The number of Topliss-reactive ketones (excluding diaryl/α,β-unsaturated/α-hetero) is 1. The summed E-state index contributed by atoms with van der Waals surface area (Å²) in [5.41, 5.74) is 1.37. The number of benzene rings is 1. The van der Waals surface area contributed by atoms with E-state index in [0.29, 0.717) is 31.0 Å². The number of H-pyrrole nitrogens is 1. The minimum absolute atomic E-state index is 0.115. The molecule has 1 saturated heterocycles. The lowest BCUT2D eigenvalue weighted by Crippen LogP contribution is -2.51. The summed E-state index contributed by atoms with van der Waals surface area (Å²) < 4.78 is 0. The van der Waals surface area contributed by atoms with Crippen molar-refractivity contribution < 1.29 is 19.2 Å². The van der Waals surface area contributed by atoms with E-state index in [4.69, 9.17) is 0 Å². The van der Waals surface area contributed by atoms with Crippen LogP contribution in [0.15, 0.2) is 30.3 Å². The molecule has 3 aliphatic rings. The van der Waals surface area contributed by atoms with Crippen LogP contribution in [0.2, 0.25) is 0 Å². The quantitative estimate of drug-likeness (QED) is 0.682. The van der Waals surface area contributed by atoms with Crippen LogP contribution >= 0.6 is 0 Å². The second kappa shape index (κ2) is 8.52. The van der Waals surface area contributed by atoms with E-state index in [1.807, 2.05) is 30.3 Å². The number of rotatable bonds is 6. The fourth-order valence-corrected chi connectivity index (χ4v) is 6.05. The molecule has 1 aromatic heterocycles. The van der Waals surface area contributed by atoms with Crippen molar-refractivity contribution in [1.82, 2.24) is 15.2 Å². The third-order valence-electron chi connectivity index (χ3n) is 7.64. The zero-order chi connectivity index (χ0) is 22.2. The number of likely N-dealkylation sites (tertiary alicyclic amines) is 1. The Hall–Kier alpha value is -2.96. The van der Waals surface area contributed by atoms with Gasteiger partial charge in [-0.3, -0.25) is 14.4 Å². The van der Waals surface area contributed by atoms with Crippen molar-refractivity contribution in [2.45, 2.75) is 57.0 Å². The van der Waals surface area contributed by atoms with Crippen LogP contribution in [0.5, 0.6) is 0 Å². The number of fused-ring (bicyclic) bond motifs is 2. The number of aldehydes is 1. The molecule has 5 rings (SSSR count). The Labute approximate surface area is 186 Å². The number of carbonyl (C=O) groups is 4. The van der Waals surface area contributed by atoms with Gasteiger partial charge in [0.05, 0.1) is 6.04 Å². The largest absolute Gasteiger partial charge is 0.351 e. The molecule has 2 aromatic rings. The Morgan fingerprint density at radius 3 is 2.78 bits per heavy atom. The number of hydrogen-bond donors (Lipinski definition) is 2. The Morgan fingerprint density at radius 2 is 2.03 bits per heavy atom. The molecule has 2 N–H and O–H groups in total. The van der Waals surface area contributed by atoms with Crippen LogP contribution in [0.4, 0.5) is 0 Å². The van der Waals surface area contributed by atoms with Gasteiger partial charge in [-0.1, -0.05) is 24.6 Å². The van der Waals surface area contributed by atoms with Gasteiger partial charge < -0.3 is 20.0 Å². The maximum atomic E-state index is 13.4. The van der Waals surface area contributed by atoms with E-state index in [2.05, 4.69) is 10.3 Å². The van der Waals surface area contributed by atoms with Gasteiger partial charge in [0.2, 0.25) is 5.91 Å². The van der Waals surface area contributed by atoms with E-state index in [0.717, 1.165) is 49.3 Å². The average Bonchev–Trinajstić information content (AvgIpc) is 3.56. The van der Waals surface area contributed by atoms with Crippen molar-refractivity contribution >= 4 is 34.8 Å². The number of para-hydroxylation sites is 1. The number of aromatic amines is 1. The predicted molar refractivity (Wildman–Crippen MR) is 119 cm³/mol. The number of nitrogens with one attached hydrogen (secondary N) is 2. The van der Waals surface area contributed by atoms with E-state index < -0.39 is 12.1 Å². The molecule has 0 bridgehead atoms. The molecule has 7 nitrogen and oxygen atoms in total. The van der Waals surface area contributed by atoms with Crippen LogP contribution in [0.25, 0.3) is 10.9 Å². The minimum atomic E-state index is -0.694. The summed E-state index contributed by atoms with van der Waals surface area (Å²) in [5, 5.41) is 3.83. The van der Waals surface area contributed by atoms with Crippen LogP contribution in [-0.4, -0.2) is 52.4 Å². The van der Waals surface area contributed by atoms with Gasteiger partial charge in [0.1, 0.15) is 23.8 Å². The van der Waals surface area contributed by atoms with Crippen LogP contribution in [0, 0.1) is 17.8 Å². The van der Waals surface area contributed by atoms with E-state index in [9.17, 15) is 19.2 Å². The Balaban J connectivity index is 1.35. The summed E-state index contributed by atoms with van der Waals surface area (Å²) in [5.74, 6) is 0.000483. The Kier molecular flexibility index (Phi) is 5.57. The molecule has 0 spiro atoms. The summed E-state index contributed by atoms with van der Waals surface area (Å²) in [6, 6.07) is 8.27. The molecular weight excluding hydrogens is 406 g/mol. The third kappa shape index (κ3) is 3.74. The second-order valence-corrected chi connectivity index (χ2v) is 9.57. The molecule has 1 aliphatic heterocycles. The molecule has 32 heavy (non-hydrogen) atoms. The highest BCUT2D eigenvalue weighted by atomic mass is 16.2. The van der Waals surface area contributed by atoms with E-state index in [-0.39, 0.29) is 29.4 Å². The van der Waals surface area contributed by atoms with Gasteiger partial charge in [-0.25, -0.2) is 0 Å². The lowest BCUT2D eigenvalue weighted by Gasteiger charge is -2.28. The summed E-state index contributed by atoms with van der Waals surface area (Å²) in [4.78, 5) is 55.4. The zero-order valence-corrected chi connectivity index (χ0v) is 18.1. The third-order valence-corrected chi connectivity index (χ3v) is 7.64. The van der Waals surface area contributed by atoms with Crippen LogP contribution in [0.3, 0.4) is 0 Å². The molecular formula is C25H29N3O4. The SMILES string of the molecule is O=C[C@H](C[C@@H]1CCCC1=O)NC(=O)[C@@H]1[C@H]2CCC[C@H]2CN1C(=O)c1cc2ccccc2[nH]1. The van der Waals surface area contributed by atoms with Crippen LogP contribution in [0.1, 0.15) is 55.4 Å². The summed E-state index contributed by atoms with van der Waals surface area (Å²) >= 11 is 0. The lowest BCUT2D eigenvalue weighted by atomic mass is 9.92. The van der Waals surface area contributed by atoms with Crippen molar-refractivity contribution in [1.29, 1.82) is 0 Å². The molecule has 2 saturated carbocycles. The van der Waals surface area contributed by atoms with E-state index in [1.165, 1.54) is 0 Å². The maximum absolute atomic E-state index is 13.4. The van der Waals surface area contributed by atoms with Crippen molar-refractivity contribution in [3.63, 3.8) is 0 Å². The fraction of sp³-hybridized carbons (Fsp3) is 0.520. The number of amides is 2. The van der Waals surface area contributed by atoms with Crippen molar-refractivity contribution in [3.8, 4) is 0 Å². The first kappa shape index (κ1) is 20.9. The van der Waals surface area contributed by atoms with Gasteiger partial charge in [0.25, 0.3) is 5.91 Å². The molecule has 2 amide bonds. The predicted octanol–water partition coefficient (Wildman–Crippen LogP) is 2.85. The highest BCUT2D eigenvalue weighted by Gasteiger charge is 2.50. The van der Waals surface area contributed by atoms with Crippen molar-refractivity contribution in [3.05, 3.63) is 36.0 Å². The molecule has 1 aromatic carbocycles. The van der Waals surface area contributed by atoms with Gasteiger partial charge in [0.15, 0.2) is 0 Å². The minimum Gasteiger partial charge on any atom is -0.351 e. The van der Waals surface area contributed by atoms with Gasteiger partial charge in [-0.2, -0.15) is 0 Å². The van der Waals surface area contributed by atoms with Gasteiger partial charge >= 0.3 is 0 Å². The first-order valence-electron chi connectivity index (χ1n) is 11.7. The van der Waals surface area contributed by atoms with Gasteiger partial charge in [0, 0.05) is 29.8 Å². The number of hydrogen-bond acceptors (Lipinski definition) is 4. The van der Waals surface area contributed by atoms with E-state index >= 15 is 0 Å². The number of carbonyl (C=O) groups excluding carboxylic acids is 4. The average molecular weight is 436 g/mol. The maximum Gasteiger partial charge on any atom is 0.271 e. The first-order valence-corrected chi connectivity index (χ1v) is 11.7. The molecule has 7 heteroatoms. The standard InChI is InChI=1S/C25H29N3O4/c29-14-18(11-16-6-4-10-22(16)30)26-24(31)23-19-8-3-7-17(19)13-28(23)25(32)21-12-15-5-1-2-9-20(15)27-21/h1-2,5,9,12,14,16-19,23,27H,3-4,6-8,10-11,13H2,(H,26,31)/t16-,17-,18-,19-,23-/m0/s1. The highest BCUT2D eigenvalue weighted by Crippen LogP contribution is 2.43. The lowest BCUT2D eigenvalue weighted by molar-refractivity contribution is -0.129. The normalized spacial score (nSPS) is 28.1. The summed E-state index contributed by atoms with van der Waals surface area (Å²) in [6.07, 6.45) is 6.24. The molecule has 2 heterocycles. The number of ketones is 1. The molecule has 0 unspecified atom stereocenters. The number of nitrogens with zero attached hydrogens (tertiary/aromatic N) is 1. The smallest absolute Gasteiger partial charge is 0.271 e. The monoisotopic (exact) mass is 435 g/mol. The first-order chi connectivity index (χ1) is 15.5. The van der Waals surface area contributed by atoms with Crippen LogP contribution < -0.4 is 5.32 Å². The molecule has 0 radical (unpaired) electrons. The van der Waals surface area contributed by atoms with Crippen molar-refractivity contribution in [2.24, 2.45) is 17.8 Å². The Morgan fingerprint density at radius 1 is 1.19 bits per heavy atom. The zero-order valence-electron chi connectivity index (χ0n) is 18.1. The van der Waals surface area contributed by atoms with Gasteiger partial charge in [-0.15, -0.1) is 0 Å². The highest BCUT2D eigenvalue weighted by molar-refractivity contribution is 6.01. The summed E-state index contributed by atoms with van der Waals surface area (Å²) in [6.45, 7) is 0.559. The van der Waals surface area contributed by atoms with Crippen LogP contribution in [-0.2, 0) is 14.4 Å². The molecule has 3 fully saturated rings. The fourth-order valence-electron chi connectivity index (χ4n) is 6.05. The van der Waals surface area contributed by atoms with E-state index in [1.54, 1.807) is 4.90 Å². The van der Waals surface area contributed by atoms with Gasteiger partial charge in [-0.05, 0) is 56.1 Å². The summed E-state index contributed by atoms with van der Waals surface area (Å²) in [7, 11) is 0.